The summed E-state index contributed by atoms with van der Waals surface area (Å²) in [6.45, 7) is 3.67. The second kappa shape index (κ2) is 12.5. The third-order valence-corrected chi connectivity index (χ3v) is 8.09. The lowest BCUT2D eigenvalue weighted by atomic mass is 10.0. The maximum absolute atomic E-state index is 13.4. The Hall–Kier alpha value is -3.91. The van der Waals surface area contributed by atoms with Gasteiger partial charge in [-0.05, 0) is 62.2 Å². The van der Waals surface area contributed by atoms with Crippen molar-refractivity contribution in [3.8, 4) is 5.88 Å². The topological polar surface area (TPSA) is 53.5 Å². The van der Waals surface area contributed by atoms with Crippen LogP contribution in [0.2, 0.25) is 0 Å². The largest absolute Gasteiger partial charge is 0.474 e. The van der Waals surface area contributed by atoms with E-state index in [1.54, 1.807) is 4.90 Å². The molecule has 0 radical (unpaired) electrons. The van der Waals surface area contributed by atoms with E-state index in [1.165, 1.54) is 18.5 Å². The van der Waals surface area contributed by atoms with Crippen molar-refractivity contribution in [2.75, 3.05) is 41.3 Å². The summed E-state index contributed by atoms with van der Waals surface area (Å²) < 4.78 is 124. The normalized spacial score (nSPS) is 17.5. The maximum Gasteiger partial charge on any atom is 0.417 e. The molecule has 3 aromatic rings. The number of benzene rings is 2. The van der Waals surface area contributed by atoms with E-state index in [1.807, 2.05) is 6.92 Å². The molecule has 2 aliphatic rings. The summed E-state index contributed by atoms with van der Waals surface area (Å²) in [4.78, 5) is 12.4. The summed E-state index contributed by atoms with van der Waals surface area (Å²) in [7, 11) is 0. The lowest BCUT2D eigenvalue weighted by molar-refractivity contribution is -0.162. The number of ether oxygens (including phenoxy) is 1. The first-order chi connectivity index (χ1) is 21.1. The SMILES string of the molecule is Cc1c(OC2CCN(c3ccc(C(F)(F)F)c(C(F)(F)F)c3)CC2)ncnc1N1CCC(Nc2ccc(C(F)(F)F)cc2)CC1. The first-order valence-corrected chi connectivity index (χ1v) is 14.3. The second-order valence-corrected chi connectivity index (χ2v) is 11.1. The Morgan fingerprint density at radius 1 is 0.711 bits per heavy atom. The van der Waals surface area contributed by atoms with Gasteiger partial charge in [-0.25, -0.2) is 9.97 Å². The highest BCUT2D eigenvalue weighted by atomic mass is 19.4. The quantitative estimate of drug-likeness (QED) is 0.274. The molecule has 0 unspecified atom stereocenters. The molecular formula is C30H30F9N5O. The number of hydrogen-bond donors (Lipinski definition) is 1. The molecule has 0 amide bonds. The molecule has 0 bridgehead atoms. The Labute approximate surface area is 253 Å². The Bertz CT molecular complexity index is 1460. The molecule has 6 nitrogen and oxygen atoms in total. The Morgan fingerprint density at radius 3 is 1.89 bits per heavy atom. The van der Waals surface area contributed by atoms with E-state index in [0.29, 0.717) is 61.0 Å². The predicted molar refractivity (Wildman–Crippen MR) is 149 cm³/mol. The van der Waals surface area contributed by atoms with Gasteiger partial charge >= 0.3 is 18.5 Å². The zero-order chi connectivity index (χ0) is 32.6. The van der Waals surface area contributed by atoms with Crippen LogP contribution in [0.15, 0.2) is 48.8 Å². The zero-order valence-electron chi connectivity index (χ0n) is 24.0. The third-order valence-electron chi connectivity index (χ3n) is 8.09. The monoisotopic (exact) mass is 647 g/mol. The Kier molecular flexibility index (Phi) is 9.00. The van der Waals surface area contributed by atoms with Gasteiger partial charge in [0, 0.05) is 56.4 Å². The van der Waals surface area contributed by atoms with Crippen molar-refractivity contribution >= 4 is 17.2 Å². The molecule has 2 aliphatic heterocycles. The first kappa shape index (κ1) is 32.5. The molecule has 0 saturated carbocycles. The minimum Gasteiger partial charge on any atom is -0.474 e. The van der Waals surface area contributed by atoms with Crippen LogP contribution < -0.4 is 19.9 Å². The Balaban J connectivity index is 1.16. The molecule has 2 saturated heterocycles. The van der Waals surface area contributed by atoms with Gasteiger partial charge in [0.1, 0.15) is 18.2 Å². The van der Waals surface area contributed by atoms with Crippen LogP contribution in [0.3, 0.4) is 0 Å². The van der Waals surface area contributed by atoms with E-state index in [9.17, 15) is 39.5 Å². The predicted octanol–water partition coefficient (Wildman–Crippen LogP) is 7.97. The van der Waals surface area contributed by atoms with Gasteiger partial charge in [0.05, 0.1) is 22.3 Å². The van der Waals surface area contributed by atoms with Crippen LogP contribution in [0.4, 0.5) is 56.7 Å². The number of nitrogens with zero attached hydrogens (tertiary/aromatic N) is 4. The molecule has 45 heavy (non-hydrogen) atoms. The number of aromatic nitrogens is 2. The van der Waals surface area contributed by atoms with Crippen LogP contribution in [-0.4, -0.2) is 48.3 Å². The molecular weight excluding hydrogens is 617 g/mol. The summed E-state index contributed by atoms with van der Waals surface area (Å²) in [6, 6.07) is 7.08. The van der Waals surface area contributed by atoms with E-state index in [4.69, 9.17) is 4.74 Å². The summed E-state index contributed by atoms with van der Waals surface area (Å²) in [5, 5.41) is 3.29. The van der Waals surface area contributed by atoms with Crippen molar-refractivity contribution in [3.05, 3.63) is 71.0 Å². The van der Waals surface area contributed by atoms with Crippen molar-refractivity contribution in [2.24, 2.45) is 0 Å². The van der Waals surface area contributed by atoms with Gasteiger partial charge in [-0.2, -0.15) is 39.5 Å². The molecule has 3 heterocycles. The van der Waals surface area contributed by atoms with Crippen LogP contribution in [0, 0.1) is 6.92 Å². The molecule has 0 spiro atoms. The number of nitrogens with one attached hydrogen (secondary N) is 1. The molecule has 2 fully saturated rings. The number of halogens is 9. The lowest BCUT2D eigenvalue weighted by Gasteiger charge is -2.35. The zero-order valence-corrected chi connectivity index (χ0v) is 24.0. The summed E-state index contributed by atoms with van der Waals surface area (Å²) in [6.07, 6.45) is -11.3. The van der Waals surface area contributed by atoms with Crippen LogP contribution in [0.5, 0.6) is 5.88 Å². The minimum atomic E-state index is -5.15. The van der Waals surface area contributed by atoms with Crippen LogP contribution in [0.1, 0.15) is 47.9 Å². The highest BCUT2D eigenvalue weighted by Gasteiger charge is 2.43. The lowest BCUT2D eigenvalue weighted by Crippen LogP contribution is -2.40. The molecule has 0 aliphatic carbocycles. The molecule has 5 rings (SSSR count). The van der Waals surface area contributed by atoms with E-state index < -0.39 is 35.2 Å². The average Bonchev–Trinajstić information content (AvgIpc) is 2.98. The van der Waals surface area contributed by atoms with E-state index in [0.717, 1.165) is 31.0 Å². The van der Waals surface area contributed by atoms with Gasteiger partial charge in [0.2, 0.25) is 5.88 Å². The van der Waals surface area contributed by atoms with Crippen LogP contribution in [0.25, 0.3) is 0 Å². The number of anilines is 3. The van der Waals surface area contributed by atoms with Crippen LogP contribution in [-0.2, 0) is 18.5 Å². The van der Waals surface area contributed by atoms with Gasteiger partial charge in [-0.1, -0.05) is 0 Å². The van der Waals surface area contributed by atoms with E-state index in [-0.39, 0.29) is 30.9 Å². The van der Waals surface area contributed by atoms with Crippen molar-refractivity contribution in [2.45, 2.75) is 63.3 Å². The molecule has 1 N–H and O–H groups in total. The van der Waals surface area contributed by atoms with E-state index >= 15 is 0 Å². The molecule has 0 atom stereocenters. The fourth-order valence-electron chi connectivity index (χ4n) is 5.69. The summed E-state index contributed by atoms with van der Waals surface area (Å²) in [5.74, 6) is 1.06. The van der Waals surface area contributed by atoms with Crippen LogP contribution >= 0.6 is 0 Å². The van der Waals surface area contributed by atoms with Crippen molar-refractivity contribution < 1.29 is 44.3 Å². The molecule has 1 aromatic heterocycles. The molecule has 244 valence electrons. The van der Waals surface area contributed by atoms with Crippen molar-refractivity contribution in [1.82, 2.24) is 9.97 Å². The number of piperidine rings is 2. The second-order valence-electron chi connectivity index (χ2n) is 11.1. The number of rotatable bonds is 6. The number of alkyl halides is 9. The summed E-state index contributed by atoms with van der Waals surface area (Å²) >= 11 is 0. The minimum absolute atomic E-state index is 0.0606. The van der Waals surface area contributed by atoms with Crippen molar-refractivity contribution in [1.29, 1.82) is 0 Å². The van der Waals surface area contributed by atoms with Gasteiger partial charge in [0.15, 0.2) is 0 Å². The van der Waals surface area contributed by atoms with Gasteiger partial charge < -0.3 is 19.9 Å². The fourth-order valence-corrected chi connectivity index (χ4v) is 5.69. The maximum atomic E-state index is 13.4. The third kappa shape index (κ3) is 7.67. The van der Waals surface area contributed by atoms with Gasteiger partial charge in [-0.3, -0.25) is 0 Å². The molecule has 2 aromatic carbocycles. The van der Waals surface area contributed by atoms with Gasteiger partial charge in [-0.15, -0.1) is 0 Å². The van der Waals surface area contributed by atoms with Gasteiger partial charge in [0.25, 0.3) is 0 Å². The van der Waals surface area contributed by atoms with Crippen molar-refractivity contribution in [3.63, 3.8) is 0 Å². The Morgan fingerprint density at radius 2 is 1.31 bits per heavy atom. The highest BCUT2D eigenvalue weighted by molar-refractivity contribution is 5.54. The average molecular weight is 648 g/mol. The fraction of sp³-hybridized carbons (Fsp3) is 0.467. The standard InChI is InChI=1S/C30H30F9N5O/c1-18-26(44-12-8-21(9-13-44)42-20-4-2-19(3-5-20)28(31,32)33)40-17-41-27(18)45-23-10-14-43(15-11-23)22-6-7-24(29(34,35)36)25(16-22)30(37,38)39/h2-7,16-17,21,23,42H,8-15H2,1H3. The summed E-state index contributed by atoms with van der Waals surface area (Å²) in [5.41, 5.74) is -2.75. The first-order valence-electron chi connectivity index (χ1n) is 14.3. The number of hydrogen-bond acceptors (Lipinski definition) is 6. The highest BCUT2D eigenvalue weighted by Crippen LogP contribution is 2.42. The smallest absolute Gasteiger partial charge is 0.417 e. The molecule has 15 heteroatoms. The van der Waals surface area contributed by atoms with E-state index in [2.05, 4.69) is 20.2 Å².